The van der Waals surface area contributed by atoms with Crippen LogP contribution in [0.5, 0.6) is 0 Å². The van der Waals surface area contributed by atoms with Gasteiger partial charge in [-0.05, 0) is 175 Å². The lowest BCUT2D eigenvalue weighted by atomic mass is 10.0. The van der Waals surface area contributed by atoms with Gasteiger partial charge in [0.05, 0.1) is 0 Å². The molecule has 9 aromatic carbocycles. The summed E-state index contributed by atoms with van der Waals surface area (Å²) in [6.45, 7) is 13.0. The highest BCUT2D eigenvalue weighted by Crippen LogP contribution is 2.44. The van der Waals surface area contributed by atoms with Crippen molar-refractivity contribution in [2.75, 3.05) is 9.80 Å². The third kappa shape index (κ3) is 5.82. The van der Waals surface area contributed by atoms with Crippen LogP contribution < -0.4 is 9.80 Å². The lowest BCUT2D eigenvalue weighted by Crippen LogP contribution is -2.12. The van der Waals surface area contributed by atoms with E-state index in [2.05, 4.69) is 209 Å². The topological polar surface area (TPSA) is 32.8 Å². The van der Waals surface area contributed by atoms with Crippen molar-refractivity contribution < 1.29 is 8.83 Å². The fourth-order valence-corrected chi connectivity index (χ4v) is 9.15. The van der Waals surface area contributed by atoms with Gasteiger partial charge in [0.15, 0.2) is 0 Å². The minimum absolute atomic E-state index is 0.818. The largest absolute Gasteiger partial charge is 0.456 e. The molecule has 60 heavy (non-hydrogen) atoms. The van der Waals surface area contributed by atoms with E-state index in [1.54, 1.807) is 0 Å². The highest BCUT2D eigenvalue weighted by Gasteiger charge is 2.21. The summed E-state index contributed by atoms with van der Waals surface area (Å²) in [4.78, 5) is 4.77. The SMILES string of the molecule is Cc1ccc(C)c(N(c2ccc3cc4c(cc3c2)oc2cc3oc5cc6cc(N(c7ccccc7C)c7cc(C)ccc7C)ccc6cc5c3cc24)c2ccccc2C)c1. The van der Waals surface area contributed by atoms with Crippen molar-refractivity contribution in [3.05, 3.63) is 191 Å². The summed E-state index contributed by atoms with van der Waals surface area (Å²) in [6, 6.07) is 57.3. The molecule has 0 spiro atoms. The molecule has 0 aliphatic rings. The van der Waals surface area contributed by atoms with Gasteiger partial charge >= 0.3 is 0 Å². The first-order valence-corrected chi connectivity index (χ1v) is 20.7. The molecule has 0 amide bonds. The lowest BCUT2D eigenvalue weighted by molar-refractivity contribution is 0.656. The number of hydrogen-bond donors (Lipinski definition) is 0. The maximum absolute atomic E-state index is 6.64. The average Bonchev–Trinajstić information content (AvgIpc) is 3.77. The molecule has 0 unspecified atom stereocenters. The van der Waals surface area contributed by atoms with Gasteiger partial charge in [-0.1, -0.05) is 72.8 Å². The van der Waals surface area contributed by atoms with Crippen LogP contribution in [-0.2, 0) is 0 Å². The molecule has 11 aromatic rings. The van der Waals surface area contributed by atoms with Crippen LogP contribution >= 0.6 is 0 Å². The predicted octanol–water partition coefficient (Wildman–Crippen LogP) is 16.6. The van der Waals surface area contributed by atoms with Gasteiger partial charge in [-0.3, -0.25) is 0 Å². The van der Waals surface area contributed by atoms with E-state index in [0.717, 1.165) is 66.0 Å². The number of hydrogen-bond acceptors (Lipinski definition) is 4. The molecule has 2 aromatic heterocycles. The molecule has 0 N–H and O–H groups in total. The summed E-state index contributed by atoms with van der Waals surface area (Å²) in [6.07, 6.45) is 0. The number of nitrogens with zero attached hydrogens (tertiary/aromatic N) is 2. The molecular weight excluding hydrogens is 733 g/mol. The van der Waals surface area contributed by atoms with E-state index in [9.17, 15) is 0 Å². The average molecular weight is 777 g/mol. The third-order valence-corrected chi connectivity index (χ3v) is 12.4. The number of para-hydroxylation sites is 2. The van der Waals surface area contributed by atoms with Gasteiger partial charge < -0.3 is 18.6 Å². The molecule has 2 heterocycles. The van der Waals surface area contributed by atoms with Gasteiger partial charge in [0.1, 0.15) is 22.3 Å². The summed E-state index contributed by atoms with van der Waals surface area (Å²) in [5.74, 6) is 0. The number of anilines is 6. The molecule has 290 valence electrons. The molecule has 0 aliphatic heterocycles. The Balaban J connectivity index is 1.02. The Hall–Kier alpha value is -7.30. The van der Waals surface area contributed by atoms with Gasteiger partial charge in [-0.15, -0.1) is 0 Å². The van der Waals surface area contributed by atoms with E-state index in [1.165, 1.54) is 66.9 Å². The van der Waals surface area contributed by atoms with Crippen LogP contribution in [0.15, 0.2) is 167 Å². The lowest BCUT2D eigenvalue weighted by Gasteiger charge is -2.29. The van der Waals surface area contributed by atoms with E-state index >= 15 is 0 Å². The molecule has 0 saturated heterocycles. The van der Waals surface area contributed by atoms with E-state index in [4.69, 9.17) is 8.83 Å². The Morgan fingerprint density at radius 1 is 0.300 bits per heavy atom. The Morgan fingerprint density at radius 2 is 0.700 bits per heavy atom. The highest BCUT2D eigenvalue weighted by atomic mass is 16.3. The van der Waals surface area contributed by atoms with Crippen LogP contribution in [0.3, 0.4) is 0 Å². The van der Waals surface area contributed by atoms with Crippen LogP contribution in [0.1, 0.15) is 33.4 Å². The number of rotatable bonds is 6. The Labute approximate surface area is 349 Å². The van der Waals surface area contributed by atoms with E-state index in [-0.39, 0.29) is 0 Å². The van der Waals surface area contributed by atoms with Crippen molar-refractivity contribution in [1.29, 1.82) is 0 Å². The fourth-order valence-electron chi connectivity index (χ4n) is 9.15. The monoisotopic (exact) mass is 776 g/mol. The molecular formula is C56H44N2O2. The summed E-state index contributed by atoms with van der Waals surface area (Å²) in [5, 5.41) is 8.95. The van der Waals surface area contributed by atoms with Crippen molar-refractivity contribution >= 4 is 99.5 Å². The zero-order valence-electron chi connectivity index (χ0n) is 34.7. The Kier molecular flexibility index (Phi) is 8.15. The molecule has 0 aliphatic carbocycles. The van der Waals surface area contributed by atoms with Crippen LogP contribution in [-0.4, -0.2) is 0 Å². The van der Waals surface area contributed by atoms with Crippen molar-refractivity contribution in [1.82, 2.24) is 0 Å². The first-order chi connectivity index (χ1) is 29.2. The molecule has 4 heteroatoms. The van der Waals surface area contributed by atoms with Crippen molar-refractivity contribution in [2.45, 2.75) is 41.5 Å². The normalized spacial score (nSPS) is 11.8. The smallest absolute Gasteiger partial charge is 0.139 e. The van der Waals surface area contributed by atoms with Crippen LogP contribution in [0.2, 0.25) is 0 Å². The first-order valence-electron chi connectivity index (χ1n) is 20.7. The summed E-state index contributed by atoms with van der Waals surface area (Å²) in [5.41, 5.74) is 17.6. The number of fused-ring (bicyclic) bond motifs is 8. The van der Waals surface area contributed by atoms with E-state index < -0.39 is 0 Å². The van der Waals surface area contributed by atoms with Crippen LogP contribution in [0, 0.1) is 41.5 Å². The minimum atomic E-state index is 0.818. The molecule has 0 fully saturated rings. The molecule has 0 bridgehead atoms. The van der Waals surface area contributed by atoms with Crippen LogP contribution in [0.25, 0.3) is 65.4 Å². The Morgan fingerprint density at radius 3 is 1.15 bits per heavy atom. The van der Waals surface area contributed by atoms with E-state index in [0.29, 0.717) is 0 Å². The van der Waals surface area contributed by atoms with Gasteiger partial charge in [-0.2, -0.15) is 0 Å². The number of aryl methyl sites for hydroxylation is 6. The van der Waals surface area contributed by atoms with E-state index in [1.807, 2.05) is 0 Å². The predicted molar refractivity (Wildman–Crippen MR) is 254 cm³/mol. The molecule has 0 saturated carbocycles. The summed E-state index contributed by atoms with van der Waals surface area (Å²) in [7, 11) is 0. The maximum Gasteiger partial charge on any atom is 0.139 e. The van der Waals surface area contributed by atoms with Crippen molar-refractivity contribution in [3.8, 4) is 0 Å². The molecule has 4 nitrogen and oxygen atoms in total. The minimum Gasteiger partial charge on any atom is -0.456 e. The fraction of sp³-hybridized carbons (Fsp3) is 0.107. The zero-order chi connectivity index (χ0) is 40.8. The number of benzene rings is 9. The first kappa shape index (κ1) is 35.8. The number of furan rings is 2. The second kappa shape index (κ2) is 13.6. The van der Waals surface area contributed by atoms with Gasteiger partial charge in [0.25, 0.3) is 0 Å². The van der Waals surface area contributed by atoms with Crippen molar-refractivity contribution in [3.63, 3.8) is 0 Å². The molecule has 11 rings (SSSR count). The maximum atomic E-state index is 6.64. The highest BCUT2D eigenvalue weighted by molar-refractivity contribution is 6.18. The second-order valence-corrected chi connectivity index (χ2v) is 16.6. The Bertz CT molecular complexity index is 3300. The summed E-state index contributed by atoms with van der Waals surface area (Å²) < 4.78 is 13.3. The second-order valence-electron chi connectivity index (χ2n) is 16.6. The standard InChI is InChI=1S/C56H44N2O2/c1-33-15-17-37(5)51(23-33)57(49-13-9-7-11-35(49)3)43-21-19-39-27-45-47-31-48-46-28-40-20-22-44(58(50-14-10-8-12-36(50)4)52-24-34(2)16-18-38(52)6)26-42(40)30-54(46)60-56(48)32-55(47)59-53(45)29-41(39)25-43/h7-32H,1-6H3. The van der Waals surface area contributed by atoms with Gasteiger partial charge in [-0.25, -0.2) is 0 Å². The third-order valence-electron chi connectivity index (χ3n) is 12.4. The quantitative estimate of drug-likeness (QED) is 0.168. The molecule has 0 radical (unpaired) electrons. The van der Waals surface area contributed by atoms with Crippen molar-refractivity contribution in [2.24, 2.45) is 0 Å². The van der Waals surface area contributed by atoms with Crippen LogP contribution in [0.4, 0.5) is 34.1 Å². The molecule has 0 atom stereocenters. The van der Waals surface area contributed by atoms with Gasteiger partial charge in [0, 0.05) is 61.7 Å². The zero-order valence-corrected chi connectivity index (χ0v) is 34.7. The van der Waals surface area contributed by atoms with Gasteiger partial charge in [0.2, 0.25) is 0 Å². The summed E-state index contributed by atoms with van der Waals surface area (Å²) >= 11 is 0.